The number of amides is 2. The number of nitrogens with zero attached hydrogens (tertiary/aromatic N) is 1. The molecule has 0 bridgehead atoms. The first-order valence-electron chi connectivity index (χ1n) is 7.11. The van der Waals surface area contributed by atoms with Crippen LogP contribution in [0.3, 0.4) is 0 Å². The lowest BCUT2D eigenvalue weighted by Gasteiger charge is -2.21. The Bertz CT molecular complexity index is 515. The highest BCUT2D eigenvalue weighted by Gasteiger charge is 2.15. The third kappa shape index (κ3) is 5.76. The van der Waals surface area contributed by atoms with Gasteiger partial charge >= 0.3 is 0 Å². The molecule has 4 nitrogen and oxygen atoms in total. The SMILES string of the molecule is CC(=O)N(CCC(C)C)CC(=O)Nc1cccc(Cl)c1C. The Labute approximate surface area is 131 Å². The van der Waals surface area contributed by atoms with E-state index in [0.29, 0.717) is 23.2 Å². The van der Waals surface area contributed by atoms with Gasteiger partial charge < -0.3 is 10.2 Å². The van der Waals surface area contributed by atoms with Gasteiger partial charge in [-0.05, 0) is 37.0 Å². The maximum atomic E-state index is 12.1. The summed E-state index contributed by atoms with van der Waals surface area (Å²) in [5.41, 5.74) is 1.50. The monoisotopic (exact) mass is 310 g/mol. The highest BCUT2D eigenvalue weighted by Crippen LogP contribution is 2.22. The molecule has 0 fully saturated rings. The molecule has 0 heterocycles. The lowest BCUT2D eigenvalue weighted by atomic mass is 10.1. The summed E-state index contributed by atoms with van der Waals surface area (Å²) in [6, 6.07) is 5.36. The predicted octanol–water partition coefficient (Wildman–Crippen LogP) is 3.48. The Kier molecular flexibility index (Phi) is 6.69. The first-order valence-corrected chi connectivity index (χ1v) is 7.49. The van der Waals surface area contributed by atoms with Crippen molar-refractivity contribution in [1.29, 1.82) is 0 Å². The van der Waals surface area contributed by atoms with Crippen molar-refractivity contribution in [2.24, 2.45) is 5.92 Å². The van der Waals surface area contributed by atoms with E-state index in [-0.39, 0.29) is 18.4 Å². The minimum Gasteiger partial charge on any atom is -0.334 e. The summed E-state index contributed by atoms with van der Waals surface area (Å²) in [6.45, 7) is 8.17. The summed E-state index contributed by atoms with van der Waals surface area (Å²) in [5.74, 6) is 0.193. The molecule has 116 valence electrons. The van der Waals surface area contributed by atoms with E-state index in [0.717, 1.165) is 12.0 Å². The fourth-order valence-electron chi connectivity index (χ4n) is 1.87. The molecule has 0 aliphatic rings. The number of benzene rings is 1. The molecule has 0 aliphatic carbocycles. The molecule has 5 heteroatoms. The molecule has 0 unspecified atom stereocenters. The van der Waals surface area contributed by atoms with Gasteiger partial charge in [-0.1, -0.05) is 31.5 Å². The van der Waals surface area contributed by atoms with Crippen LogP contribution in [0.15, 0.2) is 18.2 Å². The van der Waals surface area contributed by atoms with Crippen molar-refractivity contribution >= 4 is 29.1 Å². The van der Waals surface area contributed by atoms with E-state index in [1.54, 1.807) is 23.1 Å². The molecule has 0 spiro atoms. The van der Waals surface area contributed by atoms with Gasteiger partial charge in [-0.2, -0.15) is 0 Å². The quantitative estimate of drug-likeness (QED) is 0.874. The molecular formula is C16H23ClN2O2. The van der Waals surface area contributed by atoms with Crippen molar-refractivity contribution in [1.82, 2.24) is 4.90 Å². The normalized spacial score (nSPS) is 10.6. The predicted molar refractivity (Wildman–Crippen MR) is 86.5 cm³/mol. The van der Waals surface area contributed by atoms with Crippen molar-refractivity contribution < 1.29 is 9.59 Å². The molecule has 1 aromatic carbocycles. The molecule has 0 saturated carbocycles. The van der Waals surface area contributed by atoms with Gasteiger partial charge in [-0.25, -0.2) is 0 Å². The number of hydrogen-bond donors (Lipinski definition) is 1. The van der Waals surface area contributed by atoms with Crippen LogP contribution < -0.4 is 5.32 Å². The van der Waals surface area contributed by atoms with E-state index < -0.39 is 0 Å². The second-order valence-corrected chi connectivity index (χ2v) is 5.99. The molecular weight excluding hydrogens is 288 g/mol. The fraction of sp³-hybridized carbons (Fsp3) is 0.500. The molecule has 1 rings (SSSR count). The highest BCUT2D eigenvalue weighted by atomic mass is 35.5. The van der Waals surface area contributed by atoms with Gasteiger partial charge in [0.2, 0.25) is 11.8 Å². The summed E-state index contributed by atoms with van der Waals surface area (Å²) < 4.78 is 0. The van der Waals surface area contributed by atoms with E-state index in [1.807, 2.05) is 6.92 Å². The maximum Gasteiger partial charge on any atom is 0.244 e. The topological polar surface area (TPSA) is 49.4 Å². The summed E-state index contributed by atoms with van der Waals surface area (Å²) >= 11 is 6.02. The van der Waals surface area contributed by atoms with E-state index in [4.69, 9.17) is 11.6 Å². The van der Waals surface area contributed by atoms with E-state index in [9.17, 15) is 9.59 Å². The van der Waals surface area contributed by atoms with Crippen LogP contribution in [0.5, 0.6) is 0 Å². The molecule has 0 atom stereocenters. The van der Waals surface area contributed by atoms with Crippen molar-refractivity contribution in [3.8, 4) is 0 Å². The van der Waals surface area contributed by atoms with Crippen molar-refractivity contribution in [2.45, 2.75) is 34.1 Å². The van der Waals surface area contributed by atoms with Gasteiger partial charge in [0.25, 0.3) is 0 Å². The lowest BCUT2D eigenvalue weighted by molar-refractivity contribution is -0.132. The van der Waals surface area contributed by atoms with Gasteiger partial charge in [0.05, 0.1) is 6.54 Å². The Balaban J connectivity index is 2.65. The van der Waals surface area contributed by atoms with Gasteiger partial charge in [0.1, 0.15) is 0 Å². The maximum absolute atomic E-state index is 12.1. The second-order valence-electron chi connectivity index (χ2n) is 5.58. The van der Waals surface area contributed by atoms with Crippen LogP contribution in [-0.4, -0.2) is 29.8 Å². The average Bonchev–Trinajstić information content (AvgIpc) is 2.39. The molecule has 0 aromatic heterocycles. The number of halogens is 1. The number of hydrogen-bond acceptors (Lipinski definition) is 2. The average molecular weight is 311 g/mol. The zero-order valence-corrected chi connectivity index (χ0v) is 13.8. The first kappa shape index (κ1) is 17.5. The van der Waals surface area contributed by atoms with Crippen LogP contribution in [0.25, 0.3) is 0 Å². The Hall–Kier alpha value is -1.55. The molecule has 2 amide bonds. The van der Waals surface area contributed by atoms with Gasteiger partial charge in [0.15, 0.2) is 0 Å². The zero-order chi connectivity index (χ0) is 16.0. The van der Waals surface area contributed by atoms with Crippen LogP contribution in [0.1, 0.15) is 32.8 Å². The van der Waals surface area contributed by atoms with Crippen LogP contribution in [0.2, 0.25) is 5.02 Å². The van der Waals surface area contributed by atoms with Gasteiger partial charge in [-0.3, -0.25) is 9.59 Å². The molecule has 0 radical (unpaired) electrons. The lowest BCUT2D eigenvalue weighted by Crippen LogP contribution is -2.37. The van der Waals surface area contributed by atoms with Crippen molar-refractivity contribution in [3.05, 3.63) is 28.8 Å². The molecule has 1 N–H and O–H groups in total. The van der Waals surface area contributed by atoms with Crippen LogP contribution in [-0.2, 0) is 9.59 Å². The van der Waals surface area contributed by atoms with E-state index in [1.165, 1.54) is 6.92 Å². The highest BCUT2D eigenvalue weighted by molar-refractivity contribution is 6.31. The van der Waals surface area contributed by atoms with Gasteiger partial charge in [-0.15, -0.1) is 0 Å². The number of nitrogens with one attached hydrogen (secondary N) is 1. The second kappa shape index (κ2) is 8.03. The number of carbonyl (C=O) groups excluding carboxylic acids is 2. The van der Waals surface area contributed by atoms with Crippen molar-refractivity contribution in [3.63, 3.8) is 0 Å². The summed E-state index contributed by atoms with van der Waals surface area (Å²) in [6.07, 6.45) is 0.878. The number of anilines is 1. The first-order chi connectivity index (χ1) is 9.81. The molecule has 0 aliphatic heterocycles. The Morgan fingerprint density at radius 2 is 2.00 bits per heavy atom. The summed E-state index contributed by atoms with van der Waals surface area (Å²) in [7, 11) is 0. The Morgan fingerprint density at radius 1 is 1.33 bits per heavy atom. The van der Waals surface area contributed by atoms with Crippen LogP contribution >= 0.6 is 11.6 Å². The molecule has 21 heavy (non-hydrogen) atoms. The molecule has 1 aromatic rings. The van der Waals surface area contributed by atoms with Crippen LogP contribution in [0.4, 0.5) is 5.69 Å². The zero-order valence-electron chi connectivity index (χ0n) is 13.1. The Morgan fingerprint density at radius 3 is 2.57 bits per heavy atom. The van der Waals surface area contributed by atoms with Gasteiger partial charge in [0, 0.05) is 24.2 Å². The minimum atomic E-state index is -0.209. The van der Waals surface area contributed by atoms with Crippen LogP contribution in [0, 0.1) is 12.8 Å². The van der Waals surface area contributed by atoms with Crippen molar-refractivity contribution in [2.75, 3.05) is 18.4 Å². The largest absolute Gasteiger partial charge is 0.334 e. The third-order valence-electron chi connectivity index (χ3n) is 3.30. The standard InChI is InChI=1S/C16H23ClN2O2/c1-11(2)8-9-19(13(4)20)10-16(21)18-15-7-5-6-14(17)12(15)3/h5-7,11H,8-10H2,1-4H3,(H,18,21). The van der Waals surface area contributed by atoms with E-state index >= 15 is 0 Å². The third-order valence-corrected chi connectivity index (χ3v) is 3.71. The summed E-state index contributed by atoms with van der Waals surface area (Å²) in [5, 5.41) is 3.41. The fourth-order valence-corrected chi connectivity index (χ4v) is 2.04. The van der Waals surface area contributed by atoms with E-state index in [2.05, 4.69) is 19.2 Å². The smallest absolute Gasteiger partial charge is 0.244 e. The number of carbonyl (C=O) groups is 2. The minimum absolute atomic E-state index is 0.0635. The number of rotatable bonds is 6. The summed E-state index contributed by atoms with van der Waals surface area (Å²) in [4.78, 5) is 25.2. The molecule has 0 saturated heterocycles.